The standard InChI is InChI=1S/C32H50N2O13/c33-31-3-1-2-4-32(31)47-28-26-45-24-22-43-20-18-41-16-14-39-12-10-37-9-11-38-13-15-40-17-19-42-21-23-44-25-27-46-30-7-5-29(6-8-30)34(35)36/h1-8H,9-28,33H2. The maximum Gasteiger partial charge on any atom is 0.269 e. The van der Waals surface area contributed by atoms with Crippen molar-refractivity contribution >= 4 is 11.4 Å². The topological polar surface area (TPSA) is 171 Å². The van der Waals surface area contributed by atoms with Crippen LogP contribution in [0.5, 0.6) is 11.5 Å². The maximum absolute atomic E-state index is 10.6. The molecule has 15 nitrogen and oxygen atoms in total. The summed E-state index contributed by atoms with van der Waals surface area (Å²) in [6.07, 6.45) is 0. The fraction of sp³-hybridized carbons (Fsp3) is 0.625. The van der Waals surface area contributed by atoms with E-state index in [4.69, 9.17) is 57.8 Å². The van der Waals surface area contributed by atoms with Gasteiger partial charge in [-0.1, -0.05) is 12.1 Å². The number of nitrogens with two attached hydrogens (primary N) is 1. The molecule has 2 aromatic carbocycles. The van der Waals surface area contributed by atoms with E-state index in [1.165, 1.54) is 12.1 Å². The van der Waals surface area contributed by atoms with Gasteiger partial charge in [-0.2, -0.15) is 0 Å². The van der Waals surface area contributed by atoms with Crippen LogP contribution in [-0.2, 0) is 42.6 Å². The molecule has 0 aliphatic heterocycles. The summed E-state index contributed by atoms with van der Waals surface area (Å²) < 4.78 is 60.2. The molecule has 47 heavy (non-hydrogen) atoms. The minimum absolute atomic E-state index is 0.0245. The van der Waals surface area contributed by atoms with Gasteiger partial charge in [0.2, 0.25) is 0 Å². The molecule has 2 aromatic rings. The number of hydrogen-bond donors (Lipinski definition) is 1. The quantitative estimate of drug-likeness (QED) is 0.0509. The third-order valence-corrected chi connectivity index (χ3v) is 5.92. The van der Waals surface area contributed by atoms with Crippen LogP contribution < -0.4 is 15.2 Å². The molecule has 0 radical (unpaired) electrons. The lowest BCUT2D eigenvalue weighted by Crippen LogP contribution is -2.15. The van der Waals surface area contributed by atoms with Gasteiger partial charge in [-0.3, -0.25) is 10.1 Å². The Morgan fingerprint density at radius 3 is 1.11 bits per heavy atom. The molecule has 0 spiro atoms. The van der Waals surface area contributed by atoms with E-state index < -0.39 is 4.92 Å². The van der Waals surface area contributed by atoms with E-state index in [1.807, 2.05) is 18.2 Å². The lowest BCUT2D eigenvalue weighted by molar-refractivity contribution is -0.384. The Morgan fingerprint density at radius 2 is 0.766 bits per heavy atom. The van der Waals surface area contributed by atoms with Gasteiger partial charge in [-0.15, -0.1) is 0 Å². The van der Waals surface area contributed by atoms with Crippen LogP contribution in [-0.4, -0.2) is 137 Å². The number of nitrogens with zero attached hydrogens (tertiary/aromatic N) is 1. The second kappa shape index (κ2) is 29.1. The largest absolute Gasteiger partial charge is 0.491 e. The molecule has 0 aliphatic carbocycles. The van der Waals surface area contributed by atoms with Crippen molar-refractivity contribution in [3.05, 3.63) is 58.6 Å². The average Bonchev–Trinajstić information content (AvgIpc) is 3.08. The van der Waals surface area contributed by atoms with Crippen molar-refractivity contribution in [3.8, 4) is 11.5 Å². The van der Waals surface area contributed by atoms with Crippen molar-refractivity contribution in [2.45, 2.75) is 0 Å². The summed E-state index contributed by atoms with van der Waals surface area (Å²) in [6, 6.07) is 13.3. The molecule has 0 atom stereocenters. The third-order valence-electron chi connectivity index (χ3n) is 5.92. The highest BCUT2D eigenvalue weighted by Crippen LogP contribution is 2.19. The van der Waals surface area contributed by atoms with Crippen molar-refractivity contribution in [1.29, 1.82) is 0 Å². The number of para-hydroxylation sites is 2. The molecule has 2 rings (SSSR count). The number of nitro benzene ring substituents is 1. The number of nitro groups is 1. The van der Waals surface area contributed by atoms with Gasteiger partial charge >= 0.3 is 0 Å². The molecule has 0 bridgehead atoms. The van der Waals surface area contributed by atoms with Crippen molar-refractivity contribution in [2.24, 2.45) is 0 Å². The smallest absolute Gasteiger partial charge is 0.269 e. The van der Waals surface area contributed by atoms with Crippen LogP contribution >= 0.6 is 0 Å². The van der Waals surface area contributed by atoms with Crippen molar-refractivity contribution in [3.63, 3.8) is 0 Å². The summed E-state index contributed by atoms with van der Waals surface area (Å²) in [5, 5.41) is 10.6. The fourth-order valence-electron chi connectivity index (χ4n) is 3.57. The highest BCUT2D eigenvalue weighted by atomic mass is 16.6. The minimum Gasteiger partial charge on any atom is -0.491 e. The zero-order chi connectivity index (χ0) is 33.5. The number of rotatable bonds is 33. The number of non-ortho nitro benzene ring substituents is 1. The number of anilines is 1. The van der Waals surface area contributed by atoms with Crippen LogP contribution in [0.3, 0.4) is 0 Å². The van der Waals surface area contributed by atoms with Gasteiger partial charge in [0.25, 0.3) is 5.69 Å². The van der Waals surface area contributed by atoms with E-state index in [0.717, 1.165) is 0 Å². The highest BCUT2D eigenvalue weighted by molar-refractivity contribution is 5.51. The molecule has 15 heteroatoms. The minimum atomic E-state index is -0.453. The first-order chi connectivity index (χ1) is 23.2. The molecule has 0 heterocycles. The molecule has 0 saturated carbocycles. The Hall–Kier alpha value is -3.12. The van der Waals surface area contributed by atoms with Gasteiger partial charge in [0.1, 0.15) is 24.7 Å². The number of nitrogen functional groups attached to an aromatic ring is 1. The van der Waals surface area contributed by atoms with Gasteiger partial charge in [0.15, 0.2) is 0 Å². The maximum atomic E-state index is 10.6. The predicted molar refractivity (Wildman–Crippen MR) is 172 cm³/mol. The first-order valence-corrected chi connectivity index (χ1v) is 15.7. The molecule has 0 unspecified atom stereocenters. The average molecular weight is 671 g/mol. The second-order valence-corrected chi connectivity index (χ2v) is 9.50. The van der Waals surface area contributed by atoms with E-state index in [0.29, 0.717) is 149 Å². The van der Waals surface area contributed by atoms with Crippen molar-refractivity contribution in [1.82, 2.24) is 0 Å². The fourth-order valence-corrected chi connectivity index (χ4v) is 3.57. The van der Waals surface area contributed by atoms with Crippen LogP contribution in [0.15, 0.2) is 48.5 Å². The molecule has 0 fully saturated rings. The monoisotopic (exact) mass is 670 g/mol. The molecule has 0 saturated heterocycles. The van der Waals surface area contributed by atoms with Crippen LogP contribution in [0, 0.1) is 10.1 Å². The summed E-state index contributed by atoms with van der Waals surface area (Å²) in [5.74, 6) is 1.22. The van der Waals surface area contributed by atoms with Crippen LogP contribution in [0.1, 0.15) is 0 Å². The molecule has 0 amide bonds. The SMILES string of the molecule is Nc1ccccc1OCCOCCOCCOCCOCCOCCOCCOCCOCCOCCOc1ccc([N+](=O)[O-])cc1. The Kier molecular flexibility index (Phi) is 24.8. The second-order valence-electron chi connectivity index (χ2n) is 9.50. The highest BCUT2D eigenvalue weighted by Gasteiger charge is 2.04. The first-order valence-electron chi connectivity index (χ1n) is 15.7. The molecule has 266 valence electrons. The zero-order valence-electron chi connectivity index (χ0n) is 27.1. The summed E-state index contributed by atoms with van der Waals surface area (Å²) >= 11 is 0. The Bertz CT molecular complexity index is 1020. The third kappa shape index (κ3) is 22.9. The van der Waals surface area contributed by atoms with Gasteiger partial charge in [-0.25, -0.2) is 0 Å². The normalized spacial score (nSPS) is 11.1. The van der Waals surface area contributed by atoms with E-state index >= 15 is 0 Å². The molecule has 0 aliphatic rings. The van der Waals surface area contributed by atoms with Crippen molar-refractivity contribution < 1.29 is 57.0 Å². The predicted octanol–water partition coefficient (Wildman–Crippen LogP) is 2.78. The lowest BCUT2D eigenvalue weighted by Gasteiger charge is -2.10. The molecular weight excluding hydrogens is 620 g/mol. The van der Waals surface area contributed by atoms with E-state index in [-0.39, 0.29) is 5.69 Å². The Labute approximate surface area is 276 Å². The van der Waals surface area contributed by atoms with Crippen molar-refractivity contribution in [2.75, 3.05) is 138 Å². The Balaban J connectivity index is 1.17. The Morgan fingerprint density at radius 1 is 0.447 bits per heavy atom. The zero-order valence-corrected chi connectivity index (χ0v) is 27.1. The summed E-state index contributed by atoms with van der Waals surface area (Å²) in [6.45, 7) is 9.27. The van der Waals surface area contributed by atoms with Gasteiger partial charge < -0.3 is 57.8 Å². The van der Waals surface area contributed by atoms with Crippen LogP contribution in [0.25, 0.3) is 0 Å². The van der Waals surface area contributed by atoms with E-state index in [2.05, 4.69) is 0 Å². The lowest BCUT2D eigenvalue weighted by atomic mass is 10.3. The van der Waals surface area contributed by atoms with Crippen LogP contribution in [0.2, 0.25) is 0 Å². The van der Waals surface area contributed by atoms with Gasteiger partial charge in [-0.05, 0) is 24.3 Å². The number of hydrogen-bond acceptors (Lipinski definition) is 14. The number of benzene rings is 2. The molecule has 2 N–H and O–H groups in total. The van der Waals surface area contributed by atoms with Gasteiger partial charge in [0.05, 0.1) is 130 Å². The molecular formula is C32H50N2O13. The van der Waals surface area contributed by atoms with Crippen LogP contribution in [0.4, 0.5) is 11.4 Å². The van der Waals surface area contributed by atoms with E-state index in [1.54, 1.807) is 18.2 Å². The molecule has 0 aromatic heterocycles. The first kappa shape index (κ1) is 40.1. The number of ether oxygens (including phenoxy) is 11. The summed E-state index contributed by atoms with van der Waals surface area (Å²) in [7, 11) is 0. The van der Waals surface area contributed by atoms with Gasteiger partial charge in [0, 0.05) is 12.1 Å². The summed E-state index contributed by atoms with van der Waals surface area (Å²) in [5.41, 5.74) is 6.45. The van der Waals surface area contributed by atoms with E-state index in [9.17, 15) is 10.1 Å². The summed E-state index contributed by atoms with van der Waals surface area (Å²) in [4.78, 5) is 10.2.